The maximum atomic E-state index is 4.24. The molecule has 0 aliphatic heterocycles. The Morgan fingerprint density at radius 3 is 3.15 bits per heavy atom. The largest absolute Gasteiger partial charge is 0.371 e. The van der Waals surface area contributed by atoms with E-state index >= 15 is 0 Å². The zero-order chi connectivity index (χ0) is 8.39. The Labute approximate surface area is 100.0 Å². The van der Waals surface area contributed by atoms with Crippen LogP contribution in [0.15, 0.2) is 6.33 Å². The van der Waals surface area contributed by atoms with Crippen molar-refractivity contribution in [1.82, 2.24) is 19.9 Å². The number of imidazole rings is 1. The summed E-state index contributed by atoms with van der Waals surface area (Å²) in [4.78, 5) is 15.2. The summed E-state index contributed by atoms with van der Waals surface area (Å²) >= 11 is 0. The van der Waals surface area contributed by atoms with Crippen molar-refractivity contribution in [1.29, 1.82) is 0 Å². The zero-order valence-corrected chi connectivity index (χ0v) is 11.5. The maximum absolute atomic E-state index is 4.24. The molecule has 0 radical (unpaired) electrons. The van der Waals surface area contributed by atoms with Crippen LogP contribution in [0.1, 0.15) is 19.2 Å². The summed E-state index contributed by atoms with van der Waals surface area (Å²) in [6, 6.07) is 0. The van der Waals surface area contributed by atoms with Crippen LogP contribution in [0.2, 0.25) is 0 Å². The molecular weight excluding hydrogens is 390 g/mol. The van der Waals surface area contributed by atoms with Gasteiger partial charge in [-0.05, 0) is 11.9 Å². The Hall–Kier alpha value is -0.398. The van der Waals surface area contributed by atoms with Crippen LogP contribution in [-0.4, -0.2) is 19.9 Å². The van der Waals surface area contributed by atoms with Crippen LogP contribution < -0.4 is 0 Å². The third-order valence-electron chi connectivity index (χ3n) is 1.62. The number of H-pyrrole nitrogens is 1. The van der Waals surface area contributed by atoms with Gasteiger partial charge in [-0.1, -0.05) is 19.5 Å². The second-order valence-electron chi connectivity index (χ2n) is 2.60. The van der Waals surface area contributed by atoms with E-state index in [1.807, 2.05) is 0 Å². The van der Waals surface area contributed by atoms with E-state index in [1.165, 1.54) is 0 Å². The van der Waals surface area contributed by atoms with Crippen LogP contribution in [0.4, 0.5) is 0 Å². The van der Waals surface area contributed by atoms with Crippen LogP contribution in [0.25, 0.3) is 11.2 Å². The van der Waals surface area contributed by atoms with Gasteiger partial charge >= 0.3 is 0 Å². The number of aromatic nitrogens is 4. The maximum Gasteiger partial charge on any atom is 0.0790 e. The van der Waals surface area contributed by atoms with Gasteiger partial charge < -0.3 is 15.0 Å². The molecule has 0 saturated heterocycles. The zero-order valence-electron chi connectivity index (χ0n) is 7.33. The fourth-order valence-corrected chi connectivity index (χ4v) is 1.06. The van der Waals surface area contributed by atoms with E-state index in [4.69, 9.17) is 0 Å². The Morgan fingerprint density at radius 1 is 1.54 bits per heavy atom. The predicted molar refractivity (Wildman–Crippen MR) is 44.5 cm³/mol. The van der Waals surface area contributed by atoms with Crippen LogP contribution >= 0.6 is 0 Å². The van der Waals surface area contributed by atoms with E-state index in [-0.39, 0.29) is 31.1 Å². The number of fused-ring (bicyclic) bond motifs is 1. The molecule has 1 N–H and O–H groups in total. The molecule has 0 aliphatic rings. The van der Waals surface area contributed by atoms with Gasteiger partial charge in [0.25, 0.3) is 0 Å². The van der Waals surface area contributed by atoms with Gasteiger partial charge in [0, 0.05) is 36.9 Å². The topological polar surface area (TPSA) is 54.5 Å². The molecule has 13 heavy (non-hydrogen) atoms. The molecule has 2 aromatic rings. The standard InChI is InChI=1S/C8H9N4.U/c1-2-3-7-9-4-6-8(12-7)11-5-10-6;/h5H,2-3H2,1H3,(H,9,10,11,12);/q-1;. The summed E-state index contributed by atoms with van der Waals surface area (Å²) in [7, 11) is 0. The third-order valence-corrected chi connectivity index (χ3v) is 1.62. The molecule has 0 bridgehead atoms. The Bertz CT molecular complexity index is 384. The molecule has 2 heterocycles. The van der Waals surface area contributed by atoms with Gasteiger partial charge in [-0.15, -0.1) is 0 Å². The minimum absolute atomic E-state index is 0. The van der Waals surface area contributed by atoms with E-state index in [1.54, 1.807) is 6.33 Å². The van der Waals surface area contributed by atoms with Crippen LogP contribution in [0.5, 0.6) is 0 Å². The number of aryl methyl sites for hydroxylation is 1. The van der Waals surface area contributed by atoms with Gasteiger partial charge in [-0.25, -0.2) is 0 Å². The Balaban J connectivity index is 0.000000845. The van der Waals surface area contributed by atoms with Crippen molar-refractivity contribution in [3.05, 3.63) is 18.3 Å². The number of nitrogens with zero attached hydrogens (tertiary/aromatic N) is 3. The third kappa shape index (κ3) is 2.29. The van der Waals surface area contributed by atoms with Crippen molar-refractivity contribution in [3.63, 3.8) is 0 Å². The first-order valence-corrected chi connectivity index (χ1v) is 3.98. The van der Waals surface area contributed by atoms with Gasteiger partial charge in [-0.2, -0.15) is 0 Å². The monoisotopic (exact) mass is 399 g/mol. The van der Waals surface area contributed by atoms with Gasteiger partial charge in [0.2, 0.25) is 0 Å². The summed E-state index contributed by atoms with van der Waals surface area (Å²) in [5.41, 5.74) is 1.48. The van der Waals surface area contributed by atoms with E-state index in [9.17, 15) is 0 Å². The summed E-state index contributed by atoms with van der Waals surface area (Å²) in [5.74, 6) is 0.817. The molecule has 2 rings (SSSR count). The summed E-state index contributed by atoms with van der Waals surface area (Å²) in [5, 5.41) is 0. The molecule has 0 fully saturated rings. The molecule has 66 valence electrons. The molecule has 0 atom stereocenters. The molecule has 0 saturated carbocycles. The van der Waals surface area contributed by atoms with E-state index in [2.05, 4.69) is 33.1 Å². The van der Waals surface area contributed by atoms with Gasteiger partial charge in [0.15, 0.2) is 0 Å². The molecule has 0 spiro atoms. The van der Waals surface area contributed by atoms with Gasteiger partial charge in [0.1, 0.15) is 0 Å². The molecule has 0 aliphatic carbocycles. The van der Waals surface area contributed by atoms with E-state index in [0.717, 1.165) is 24.2 Å². The second-order valence-corrected chi connectivity index (χ2v) is 2.60. The van der Waals surface area contributed by atoms with Crippen LogP contribution in [0.3, 0.4) is 0 Å². The summed E-state index contributed by atoms with van der Waals surface area (Å²) < 4.78 is 0. The van der Waals surface area contributed by atoms with Crippen molar-refractivity contribution in [2.45, 2.75) is 19.8 Å². The van der Waals surface area contributed by atoms with Crippen LogP contribution in [-0.2, 0) is 6.42 Å². The minimum Gasteiger partial charge on any atom is -0.371 e. The average molecular weight is 399 g/mol. The van der Waals surface area contributed by atoms with Gasteiger partial charge in [-0.3, -0.25) is 4.98 Å². The Kier molecular flexibility index (Phi) is 3.89. The van der Waals surface area contributed by atoms with E-state index < -0.39 is 0 Å². The number of rotatable bonds is 2. The average Bonchev–Trinajstić information content (AvgIpc) is 2.51. The SMILES string of the molecule is CCCc1n[c-]c2[nH]cnc2n1.[U]. The number of hydrogen-bond donors (Lipinski definition) is 1. The number of nitrogens with one attached hydrogen (secondary N) is 1. The molecule has 0 amide bonds. The fourth-order valence-electron chi connectivity index (χ4n) is 1.06. The van der Waals surface area contributed by atoms with E-state index in [0.29, 0.717) is 5.65 Å². The quantitative estimate of drug-likeness (QED) is 0.770. The van der Waals surface area contributed by atoms with Crippen molar-refractivity contribution in [2.24, 2.45) is 0 Å². The summed E-state index contributed by atoms with van der Waals surface area (Å²) in [6.45, 7) is 2.10. The minimum atomic E-state index is 0. The first-order valence-electron chi connectivity index (χ1n) is 3.98. The number of aromatic amines is 1. The molecule has 5 heteroatoms. The molecule has 4 nitrogen and oxygen atoms in total. The van der Waals surface area contributed by atoms with Crippen molar-refractivity contribution in [3.8, 4) is 0 Å². The first-order chi connectivity index (χ1) is 5.90. The Morgan fingerprint density at radius 2 is 2.38 bits per heavy atom. The normalized spacial score (nSPS) is 9.92. The number of hydrogen-bond acceptors (Lipinski definition) is 3. The van der Waals surface area contributed by atoms with Crippen molar-refractivity contribution >= 4 is 11.2 Å². The first kappa shape index (κ1) is 10.7. The fraction of sp³-hybridized carbons (Fsp3) is 0.375. The molecular formula is C8H9N4U-. The predicted octanol–water partition coefficient (Wildman–Crippen LogP) is 1.11. The summed E-state index contributed by atoms with van der Waals surface area (Å²) in [6.07, 6.45) is 6.39. The van der Waals surface area contributed by atoms with Crippen molar-refractivity contribution in [2.75, 3.05) is 0 Å². The van der Waals surface area contributed by atoms with Gasteiger partial charge in [0.05, 0.1) is 12.0 Å². The second kappa shape index (κ2) is 4.73. The van der Waals surface area contributed by atoms with Crippen LogP contribution in [0, 0.1) is 37.3 Å². The smallest absolute Gasteiger partial charge is 0.0790 e. The molecule has 0 unspecified atom stereocenters. The molecule has 2 aromatic heterocycles. The molecule has 0 aromatic carbocycles. The van der Waals surface area contributed by atoms with Crippen molar-refractivity contribution < 1.29 is 31.1 Å².